The monoisotopic (exact) mass is 545 g/mol. The van der Waals surface area contributed by atoms with Gasteiger partial charge in [0.25, 0.3) is 5.91 Å². The zero-order valence-electron chi connectivity index (χ0n) is 20.8. The van der Waals surface area contributed by atoms with Gasteiger partial charge in [-0.1, -0.05) is 23.9 Å². The molecule has 6 rings (SSSR count). The van der Waals surface area contributed by atoms with Crippen molar-refractivity contribution >= 4 is 56.8 Å². The van der Waals surface area contributed by atoms with E-state index in [1.165, 1.54) is 70.6 Å². The van der Waals surface area contributed by atoms with Gasteiger partial charge < -0.3 is 10.4 Å². The van der Waals surface area contributed by atoms with Gasteiger partial charge in [-0.25, -0.2) is 9.78 Å². The number of fused-ring (bicyclic) bond motifs is 4. The Kier molecular flexibility index (Phi) is 6.80. The molecule has 4 aromatic rings. The van der Waals surface area contributed by atoms with Crippen LogP contribution in [-0.2, 0) is 25.7 Å². The van der Waals surface area contributed by atoms with Crippen LogP contribution in [0.25, 0.3) is 10.2 Å². The summed E-state index contributed by atoms with van der Waals surface area (Å²) in [5.74, 6) is -1.15. The second-order valence-corrected chi connectivity index (χ2v) is 12.0. The van der Waals surface area contributed by atoms with E-state index in [-0.39, 0.29) is 17.0 Å². The van der Waals surface area contributed by atoms with Crippen molar-refractivity contribution in [1.29, 1.82) is 0 Å². The highest BCUT2D eigenvalue weighted by molar-refractivity contribution is 8.01. The summed E-state index contributed by atoms with van der Waals surface area (Å²) in [6, 6.07) is 11.5. The van der Waals surface area contributed by atoms with Crippen LogP contribution < -0.4 is 5.32 Å². The Morgan fingerprint density at radius 2 is 1.58 bits per heavy atom. The van der Waals surface area contributed by atoms with Crippen LogP contribution in [0.3, 0.4) is 0 Å². The maximum Gasteiger partial charge on any atom is 0.336 e. The van der Waals surface area contributed by atoms with Crippen molar-refractivity contribution < 1.29 is 19.5 Å². The number of benzene rings is 2. The first kappa shape index (κ1) is 24.9. The molecular formula is C29H27N3O4S2. The Morgan fingerprint density at radius 3 is 2.26 bits per heavy atom. The van der Waals surface area contributed by atoms with Crippen molar-refractivity contribution in [2.45, 2.75) is 55.7 Å². The lowest BCUT2D eigenvalue weighted by molar-refractivity contribution is 0.0692. The third-order valence-corrected chi connectivity index (χ3v) is 9.52. The van der Waals surface area contributed by atoms with Crippen LogP contribution in [0.5, 0.6) is 0 Å². The molecule has 1 amide bonds. The van der Waals surface area contributed by atoms with Crippen LogP contribution in [0.4, 0.5) is 5.69 Å². The first-order valence-corrected chi connectivity index (χ1v) is 14.7. The summed E-state index contributed by atoms with van der Waals surface area (Å²) in [5.41, 5.74) is 6.82. The molecule has 2 N–H and O–H groups in total. The number of aromatic nitrogens is 2. The van der Waals surface area contributed by atoms with Crippen LogP contribution in [0.1, 0.15) is 73.7 Å². The molecule has 2 aromatic carbocycles. The number of rotatable bonds is 6. The molecule has 0 saturated heterocycles. The summed E-state index contributed by atoms with van der Waals surface area (Å²) >= 11 is 2.94. The van der Waals surface area contributed by atoms with Gasteiger partial charge in [0.2, 0.25) is 5.91 Å². The van der Waals surface area contributed by atoms with Crippen molar-refractivity contribution in [3.05, 3.63) is 76.1 Å². The third kappa shape index (κ3) is 4.65. The molecule has 0 saturated carbocycles. The van der Waals surface area contributed by atoms with E-state index >= 15 is 0 Å². The Balaban J connectivity index is 1.18. The number of hydrogen-bond donors (Lipinski definition) is 2. The molecule has 0 atom stereocenters. The van der Waals surface area contributed by atoms with Crippen LogP contribution >= 0.6 is 23.1 Å². The molecule has 0 fully saturated rings. The van der Waals surface area contributed by atoms with Gasteiger partial charge in [-0.3, -0.25) is 14.2 Å². The fourth-order valence-electron chi connectivity index (χ4n) is 5.68. The number of carbonyl (C=O) groups excluding carboxylic acids is 2. The number of nitrogens with one attached hydrogen (secondary N) is 1. The lowest BCUT2D eigenvalue weighted by Crippen LogP contribution is -2.21. The molecule has 0 unspecified atom stereocenters. The molecule has 0 bridgehead atoms. The first-order chi connectivity index (χ1) is 18.5. The molecule has 38 heavy (non-hydrogen) atoms. The number of nitrogens with zero attached hydrogens (tertiary/aromatic N) is 2. The highest BCUT2D eigenvalue weighted by Crippen LogP contribution is 2.36. The number of carbonyl (C=O) groups is 3. The van der Waals surface area contributed by atoms with E-state index in [1.807, 2.05) is 16.7 Å². The van der Waals surface area contributed by atoms with E-state index in [1.54, 1.807) is 18.2 Å². The minimum absolute atomic E-state index is 0.0440. The molecule has 0 spiro atoms. The number of carboxylic acid groups (broad SMARTS) is 1. The fraction of sp³-hybridized carbons (Fsp3) is 0.310. The van der Waals surface area contributed by atoms with Gasteiger partial charge in [0.15, 0.2) is 4.34 Å². The molecule has 2 heterocycles. The topological polar surface area (TPSA) is 101 Å². The fourth-order valence-corrected chi connectivity index (χ4v) is 7.64. The van der Waals surface area contributed by atoms with Gasteiger partial charge >= 0.3 is 5.97 Å². The molecular weight excluding hydrogens is 518 g/mol. The highest BCUT2D eigenvalue weighted by Gasteiger charge is 2.29. The number of aromatic carboxylic acids is 1. The van der Waals surface area contributed by atoms with Crippen molar-refractivity contribution in [2.24, 2.45) is 0 Å². The average molecular weight is 546 g/mol. The zero-order chi connectivity index (χ0) is 26.2. The average Bonchev–Trinajstić information content (AvgIpc) is 3.50. The van der Waals surface area contributed by atoms with Crippen molar-refractivity contribution in [3.8, 4) is 0 Å². The molecule has 2 aliphatic carbocycles. The maximum atomic E-state index is 13.5. The minimum Gasteiger partial charge on any atom is -0.478 e. The predicted octanol–water partition coefficient (Wildman–Crippen LogP) is 6.24. The SMILES string of the molecule is O=C(O)c1ccccc1C(=O)Nc1ccc2nc(SCC(=O)n3c4c(c5c3CCCC5)CCCC4)sc2c1. The number of thioether (sulfide) groups is 1. The molecule has 0 radical (unpaired) electrons. The van der Waals surface area contributed by atoms with E-state index in [0.717, 1.165) is 53.1 Å². The normalized spacial score (nSPS) is 14.6. The van der Waals surface area contributed by atoms with Crippen molar-refractivity contribution in [2.75, 3.05) is 11.1 Å². The standard InChI is InChI=1S/C29H27N3O4S2/c33-26(32-23-11-5-3-7-18(23)19-8-4-6-12-24(19)32)16-37-29-31-22-14-13-17(15-25(22)38-29)30-27(34)20-9-1-2-10-21(20)28(35)36/h1-2,9-10,13-15H,3-8,11-12,16H2,(H,30,34)(H,35,36). The molecule has 2 aliphatic rings. The van der Waals surface area contributed by atoms with E-state index < -0.39 is 11.9 Å². The molecule has 7 nitrogen and oxygen atoms in total. The number of carboxylic acids is 1. The summed E-state index contributed by atoms with van der Waals surface area (Å²) in [6.45, 7) is 0. The third-order valence-electron chi connectivity index (χ3n) is 7.38. The number of thiazole rings is 1. The summed E-state index contributed by atoms with van der Waals surface area (Å²) < 4.78 is 3.74. The maximum absolute atomic E-state index is 13.5. The lowest BCUT2D eigenvalue weighted by Gasteiger charge is -2.16. The van der Waals surface area contributed by atoms with Gasteiger partial charge in [0, 0.05) is 17.1 Å². The van der Waals surface area contributed by atoms with Gasteiger partial charge in [-0.05, 0) is 92.8 Å². The van der Waals surface area contributed by atoms with E-state index in [9.17, 15) is 19.5 Å². The molecule has 0 aliphatic heterocycles. The molecule has 194 valence electrons. The highest BCUT2D eigenvalue weighted by atomic mass is 32.2. The summed E-state index contributed by atoms with van der Waals surface area (Å²) in [7, 11) is 0. The Bertz CT molecular complexity index is 1550. The second kappa shape index (κ2) is 10.4. The minimum atomic E-state index is -1.15. The first-order valence-electron chi connectivity index (χ1n) is 12.9. The predicted molar refractivity (Wildman–Crippen MR) is 150 cm³/mol. The summed E-state index contributed by atoms with van der Waals surface area (Å²) in [4.78, 5) is 42.4. The van der Waals surface area contributed by atoms with Gasteiger partial charge in [0.1, 0.15) is 0 Å². The van der Waals surface area contributed by atoms with Gasteiger partial charge in [-0.15, -0.1) is 11.3 Å². The van der Waals surface area contributed by atoms with Crippen LogP contribution in [0.15, 0.2) is 46.8 Å². The molecule has 9 heteroatoms. The van der Waals surface area contributed by atoms with Crippen LogP contribution in [0, 0.1) is 0 Å². The summed E-state index contributed by atoms with van der Waals surface area (Å²) in [6.07, 6.45) is 8.91. The van der Waals surface area contributed by atoms with Crippen molar-refractivity contribution in [3.63, 3.8) is 0 Å². The van der Waals surface area contributed by atoms with E-state index in [0.29, 0.717) is 11.4 Å². The Morgan fingerprint density at radius 1 is 0.921 bits per heavy atom. The molecule has 2 aromatic heterocycles. The van der Waals surface area contributed by atoms with Gasteiger partial charge in [0.05, 0.1) is 27.1 Å². The number of hydrogen-bond acceptors (Lipinski definition) is 6. The smallest absolute Gasteiger partial charge is 0.336 e. The Labute approximate surface area is 228 Å². The lowest BCUT2D eigenvalue weighted by atomic mass is 9.89. The van der Waals surface area contributed by atoms with Gasteiger partial charge in [-0.2, -0.15) is 0 Å². The van der Waals surface area contributed by atoms with E-state index in [4.69, 9.17) is 0 Å². The van der Waals surface area contributed by atoms with E-state index in [2.05, 4.69) is 10.3 Å². The summed E-state index contributed by atoms with van der Waals surface area (Å²) in [5, 5.41) is 12.2. The number of anilines is 1. The second-order valence-electron chi connectivity index (χ2n) is 9.75. The quantitative estimate of drug-likeness (QED) is 0.278. The largest absolute Gasteiger partial charge is 0.478 e. The Hall–Kier alpha value is -3.43. The van der Waals surface area contributed by atoms with Crippen LogP contribution in [-0.4, -0.2) is 38.2 Å². The van der Waals surface area contributed by atoms with Crippen molar-refractivity contribution in [1.82, 2.24) is 9.55 Å². The zero-order valence-corrected chi connectivity index (χ0v) is 22.4. The van der Waals surface area contributed by atoms with Crippen LogP contribution in [0.2, 0.25) is 0 Å². The number of amides is 1.